The molecule has 0 N–H and O–H groups in total. The molecule has 0 saturated heterocycles. The maximum Gasteiger partial charge on any atom is 0.0977 e. The molecule has 65 valence electrons. The third-order valence-electron chi connectivity index (χ3n) is 2.47. The van der Waals surface area contributed by atoms with Crippen molar-refractivity contribution in [2.24, 2.45) is 0 Å². The molecule has 0 atom stereocenters. The molecule has 0 aliphatic heterocycles. The Morgan fingerprint density at radius 2 is 1.71 bits per heavy atom. The molecule has 1 radical (unpaired) electrons. The summed E-state index contributed by atoms with van der Waals surface area (Å²) in [5, 5.41) is 4.76. The number of rotatable bonds is 0. The first kappa shape index (κ1) is 7.51. The van der Waals surface area contributed by atoms with Gasteiger partial charge in [-0.05, 0) is 22.2 Å². The van der Waals surface area contributed by atoms with Crippen molar-refractivity contribution < 1.29 is 0 Å². The molecule has 0 unspecified atom stereocenters. The van der Waals surface area contributed by atoms with Gasteiger partial charge in [-0.3, -0.25) is 4.98 Å². The smallest absolute Gasteiger partial charge is 0.0977 e. The van der Waals surface area contributed by atoms with E-state index in [9.17, 15) is 0 Å². The average Bonchev–Trinajstić information content (AvgIpc) is 2.29. The maximum atomic E-state index is 4.04. The Labute approximate surface area is 82.0 Å². The Kier molecular flexibility index (Phi) is 1.51. The molecule has 3 rings (SSSR count). The van der Waals surface area contributed by atoms with Crippen LogP contribution in [0.25, 0.3) is 21.5 Å². The number of nitrogens with zero attached hydrogens (tertiary/aromatic N) is 1. The highest BCUT2D eigenvalue weighted by Gasteiger charge is 1.98. The van der Waals surface area contributed by atoms with Gasteiger partial charge < -0.3 is 0 Å². The Bertz CT molecular complexity index is 544. The van der Waals surface area contributed by atoms with Crippen LogP contribution in [0, 0.1) is 6.20 Å². The second-order valence-electron chi connectivity index (χ2n) is 3.31. The fraction of sp³-hybridized carbons (Fsp3) is 0. The van der Waals surface area contributed by atoms with E-state index in [1.165, 1.54) is 16.2 Å². The summed E-state index contributed by atoms with van der Waals surface area (Å²) in [6, 6.07) is 14.6. The topological polar surface area (TPSA) is 12.9 Å². The van der Waals surface area contributed by atoms with E-state index in [0.717, 1.165) is 5.39 Å². The fourth-order valence-electron chi connectivity index (χ4n) is 1.77. The van der Waals surface area contributed by atoms with Crippen molar-refractivity contribution in [2.75, 3.05) is 0 Å². The highest BCUT2D eigenvalue weighted by Crippen LogP contribution is 2.23. The monoisotopic (exact) mass is 178 g/mol. The van der Waals surface area contributed by atoms with Crippen LogP contribution in [-0.2, 0) is 0 Å². The minimum absolute atomic E-state index is 1.10. The van der Waals surface area contributed by atoms with Gasteiger partial charge in [0.25, 0.3) is 0 Å². The lowest BCUT2D eigenvalue weighted by Gasteiger charge is -2.01. The number of pyridine rings is 1. The van der Waals surface area contributed by atoms with Crippen molar-refractivity contribution in [3.8, 4) is 0 Å². The van der Waals surface area contributed by atoms with Crippen LogP contribution in [0.15, 0.2) is 48.7 Å². The van der Waals surface area contributed by atoms with E-state index in [1.54, 1.807) is 6.20 Å². The van der Waals surface area contributed by atoms with Crippen molar-refractivity contribution in [3.63, 3.8) is 0 Å². The maximum absolute atomic E-state index is 4.04. The number of aromatic nitrogens is 1. The normalized spacial score (nSPS) is 10.9. The van der Waals surface area contributed by atoms with Crippen molar-refractivity contribution in [1.82, 2.24) is 4.98 Å². The molecule has 0 aliphatic rings. The van der Waals surface area contributed by atoms with E-state index in [2.05, 4.69) is 35.4 Å². The van der Waals surface area contributed by atoms with E-state index in [4.69, 9.17) is 0 Å². The van der Waals surface area contributed by atoms with Crippen LogP contribution in [-0.4, -0.2) is 4.98 Å². The lowest BCUT2D eigenvalue weighted by atomic mass is 10.0. The minimum atomic E-state index is 1.10. The summed E-state index contributed by atoms with van der Waals surface area (Å²) in [6.45, 7) is 0. The summed E-state index contributed by atoms with van der Waals surface area (Å²) in [5.74, 6) is 0. The standard InChI is InChI=1S/C13H8N/c1-2-4-12-10(3-1)5-6-11-7-8-14-9-13(11)12/h1-8H. The highest BCUT2D eigenvalue weighted by molar-refractivity contribution is 6.06. The van der Waals surface area contributed by atoms with Gasteiger partial charge in [-0.25, -0.2) is 0 Å². The largest absolute Gasteiger partial charge is 0.254 e. The fourth-order valence-corrected chi connectivity index (χ4v) is 1.77. The summed E-state index contributed by atoms with van der Waals surface area (Å²) in [4.78, 5) is 4.04. The van der Waals surface area contributed by atoms with Crippen LogP contribution >= 0.6 is 0 Å². The van der Waals surface area contributed by atoms with Crippen LogP contribution in [0.1, 0.15) is 0 Å². The van der Waals surface area contributed by atoms with E-state index < -0.39 is 0 Å². The first-order valence-corrected chi connectivity index (χ1v) is 4.59. The molecule has 0 spiro atoms. The zero-order chi connectivity index (χ0) is 9.38. The number of hydrogen-bond acceptors (Lipinski definition) is 1. The molecule has 0 saturated carbocycles. The molecule has 1 heterocycles. The van der Waals surface area contributed by atoms with Crippen LogP contribution in [0.2, 0.25) is 0 Å². The third kappa shape index (κ3) is 0.990. The third-order valence-corrected chi connectivity index (χ3v) is 2.47. The predicted molar refractivity (Wildman–Crippen MR) is 58.1 cm³/mol. The summed E-state index contributed by atoms with van der Waals surface area (Å²) >= 11 is 0. The van der Waals surface area contributed by atoms with E-state index in [-0.39, 0.29) is 0 Å². The molecule has 1 nitrogen and oxygen atoms in total. The number of hydrogen-bond donors (Lipinski definition) is 0. The molecular weight excluding hydrogens is 170 g/mol. The summed E-state index contributed by atoms with van der Waals surface area (Å²) < 4.78 is 0. The number of fused-ring (bicyclic) bond motifs is 3. The van der Waals surface area contributed by atoms with Gasteiger partial charge >= 0.3 is 0 Å². The van der Waals surface area contributed by atoms with Gasteiger partial charge in [-0.15, -0.1) is 0 Å². The van der Waals surface area contributed by atoms with Gasteiger partial charge in [0.2, 0.25) is 0 Å². The molecule has 3 aromatic rings. The summed E-state index contributed by atoms with van der Waals surface area (Å²) in [5.41, 5.74) is 0. The Morgan fingerprint density at radius 3 is 2.71 bits per heavy atom. The lowest BCUT2D eigenvalue weighted by molar-refractivity contribution is 1.35. The first-order chi connectivity index (χ1) is 6.95. The quantitative estimate of drug-likeness (QED) is 0.482. The van der Waals surface area contributed by atoms with Crippen molar-refractivity contribution in [2.45, 2.75) is 0 Å². The molecule has 0 fully saturated rings. The average molecular weight is 178 g/mol. The highest BCUT2D eigenvalue weighted by atomic mass is 14.6. The van der Waals surface area contributed by atoms with Gasteiger partial charge in [0.15, 0.2) is 0 Å². The Balaban J connectivity index is 2.61. The van der Waals surface area contributed by atoms with Crippen LogP contribution in [0.3, 0.4) is 0 Å². The van der Waals surface area contributed by atoms with E-state index in [0.29, 0.717) is 0 Å². The van der Waals surface area contributed by atoms with E-state index in [1.807, 2.05) is 18.2 Å². The molecule has 2 aromatic carbocycles. The Hall–Kier alpha value is -1.89. The van der Waals surface area contributed by atoms with Gasteiger partial charge in [0.1, 0.15) is 0 Å². The molecule has 0 bridgehead atoms. The van der Waals surface area contributed by atoms with Gasteiger partial charge in [-0.2, -0.15) is 0 Å². The molecule has 0 aliphatic carbocycles. The zero-order valence-electron chi connectivity index (χ0n) is 7.57. The molecule has 0 amide bonds. The number of benzene rings is 2. The SMILES string of the molecule is [c]1nccc2ccc3ccccc3c12. The molecular formula is C13H8N. The van der Waals surface area contributed by atoms with Gasteiger partial charge in [0.05, 0.1) is 6.20 Å². The van der Waals surface area contributed by atoms with Crippen LogP contribution in [0.5, 0.6) is 0 Å². The van der Waals surface area contributed by atoms with Crippen LogP contribution < -0.4 is 0 Å². The molecule has 1 aromatic heterocycles. The van der Waals surface area contributed by atoms with Crippen LogP contribution in [0.4, 0.5) is 0 Å². The second-order valence-corrected chi connectivity index (χ2v) is 3.31. The summed E-state index contributed by atoms with van der Waals surface area (Å²) in [7, 11) is 0. The van der Waals surface area contributed by atoms with Crippen molar-refractivity contribution in [3.05, 3.63) is 54.9 Å². The van der Waals surface area contributed by atoms with Crippen molar-refractivity contribution >= 4 is 21.5 Å². The summed E-state index contributed by atoms with van der Waals surface area (Å²) in [6.07, 6.45) is 4.82. The lowest BCUT2D eigenvalue weighted by Crippen LogP contribution is -1.78. The minimum Gasteiger partial charge on any atom is -0.254 e. The Morgan fingerprint density at radius 1 is 0.857 bits per heavy atom. The molecule has 14 heavy (non-hydrogen) atoms. The van der Waals surface area contributed by atoms with Gasteiger partial charge in [-0.1, -0.05) is 36.4 Å². The zero-order valence-corrected chi connectivity index (χ0v) is 7.57. The van der Waals surface area contributed by atoms with Gasteiger partial charge in [0, 0.05) is 11.6 Å². The molecule has 1 heteroatoms. The first-order valence-electron chi connectivity index (χ1n) is 4.59. The predicted octanol–water partition coefficient (Wildman–Crippen LogP) is 3.19. The second kappa shape index (κ2) is 2.81. The van der Waals surface area contributed by atoms with Crippen molar-refractivity contribution in [1.29, 1.82) is 0 Å². The van der Waals surface area contributed by atoms with E-state index >= 15 is 0 Å².